The molecule has 0 amide bonds. The van der Waals surface area contributed by atoms with Crippen LogP contribution in [0, 0.1) is 0 Å². The van der Waals surface area contributed by atoms with Crippen LogP contribution in [0.1, 0.15) is 28.5 Å². The molecule has 0 fully saturated rings. The predicted octanol–water partition coefficient (Wildman–Crippen LogP) is 6.52. The summed E-state index contributed by atoms with van der Waals surface area (Å²) in [5.41, 5.74) is 4.23. The monoisotopic (exact) mass is 439 g/mol. The van der Waals surface area contributed by atoms with Crippen LogP contribution in [0.3, 0.4) is 0 Å². The highest BCUT2D eigenvalue weighted by molar-refractivity contribution is 5.99. The molecule has 0 saturated carbocycles. The van der Waals surface area contributed by atoms with Gasteiger partial charge >= 0.3 is 12.3 Å². The van der Waals surface area contributed by atoms with Gasteiger partial charge in [0.25, 0.3) is 0 Å². The van der Waals surface area contributed by atoms with Gasteiger partial charge in [-0.3, -0.25) is 0 Å². The van der Waals surface area contributed by atoms with Gasteiger partial charge in [-0.2, -0.15) is 0 Å². The van der Waals surface area contributed by atoms with Gasteiger partial charge in [0.15, 0.2) is 0 Å². The summed E-state index contributed by atoms with van der Waals surface area (Å²) in [6.45, 7) is 2.33. The Labute approximate surface area is 182 Å². The third kappa shape index (κ3) is 4.32. The summed E-state index contributed by atoms with van der Waals surface area (Å²) in [5.74, 6) is -1.29. The number of benzene rings is 3. The van der Waals surface area contributed by atoms with E-state index in [1.165, 1.54) is 12.1 Å². The van der Waals surface area contributed by atoms with E-state index in [0.29, 0.717) is 18.5 Å². The summed E-state index contributed by atoms with van der Waals surface area (Å²) < 4.78 is 43.0. The number of ether oxygens (including phenoxy) is 1. The average molecular weight is 439 g/mol. The maximum absolute atomic E-state index is 12.4. The summed E-state index contributed by atoms with van der Waals surface area (Å²) in [4.78, 5) is 12.1. The number of carboxylic acid groups (broad SMARTS) is 1. The molecule has 1 aromatic heterocycles. The van der Waals surface area contributed by atoms with Crippen LogP contribution in [0.2, 0.25) is 0 Å². The van der Waals surface area contributed by atoms with E-state index < -0.39 is 12.3 Å². The molecular formula is C25H20F3NO3. The predicted molar refractivity (Wildman–Crippen MR) is 116 cm³/mol. The molecule has 0 spiro atoms. The molecule has 32 heavy (non-hydrogen) atoms. The van der Waals surface area contributed by atoms with Crippen molar-refractivity contribution in [2.45, 2.75) is 26.3 Å². The Morgan fingerprint density at radius 3 is 2.22 bits per heavy atom. The number of alkyl halides is 3. The molecule has 1 N–H and O–H groups in total. The Bertz CT molecular complexity index is 1260. The van der Waals surface area contributed by atoms with Crippen molar-refractivity contribution < 1.29 is 27.8 Å². The zero-order valence-electron chi connectivity index (χ0n) is 17.2. The Morgan fingerprint density at radius 1 is 0.969 bits per heavy atom. The fourth-order valence-electron chi connectivity index (χ4n) is 3.99. The fraction of sp³-hybridized carbons (Fsp3) is 0.160. The van der Waals surface area contributed by atoms with Gasteiger partial charge < -0.3 is 14.4 Å². The van der Waals surface area contributed by atoms with Crippen molar-refractivity contribution in [3.05, 3.63) is 89.6 Å². The number of aromatic carboxylic acids is 1. The Morgan fingerprint density at radius 2 is 1.62 bits per heavy atom. The van der Waals surface area contributed by atoms with Crippen LogP contribution in [0.25, 0.3) is 22.0 Å². The summed E-state index contributed by atoms with van der Waals surface area (Å²) in [5, 5.41) is 10.8. The van der Waals surface area contributed by atoms with E-state index in [1.807, 2.05) is 55.5 Å². The van der Waals surface area contributed by atoms with Crippen molar-refractivity contribution in [3.8, 4) is 16.9 Å². The van der Waals surface area contributed by atoms with E-state index >= 15 is 0 Å². The van der Waals surface area contributed by atoms with Crippen molar-refractivity contribution >= 4 is 16.9 Å². The van der Waals surface area contributed by atoms with Gasteiger partial charge in [-0.25, -0.2) is 4.79 Å². The number of aromatic nitrogens is 1. The Kier molecular flexibility index (Phi) is 5.65. The molecule has 0 aliphatic rings. The second kappa shape index (κ2) is 8.42. The van der Waals surface area contributed by atoms with Gasteiger partial charge in [0.05, 0.1) is 0 Å². The maximum Gasteiger partial charge on any atom is 0.573 e. The highest BCUT2D eigenvalue weighted by atomic mass is 19.4. The van der Waals surface area contributed by atoms with Crippen LogP contribution < -0.4 is 4.74 Å². The Hall–Kier alpha value is -3.74. The van der Waals surface area contributed by atoms with Crippen LogP contribution in [0.15, 0.2) is 72.8 Å². The molecular weight excluding hydrogens is 419 g/mol. The van der Waals surface area contributed by atoms with E-state index in [2.05, 4.69) is 4.74 Å². The topological polar surface area (TPSA) is 51.5 Å². The van der Waals surface area contributed by atoms with Gasteiger partial charge in [-0.05, 0) is 52.9 Å². The molecule has 0 aliphatic carbocycles. The number of rotatable bonds is 6. The third-order valence-electron chi connectivity index (χ3n) is 5.33. The number of nitrogens with zero attached hydrogens (tertiary/aromatic N) is 1. The first-order valence-corrected chi connectivity index (χ1v) is 10.1. The van der Waals surface area contributed by atoms with Crippen molar-refractivity contribution in [2.75, 3.05) is 0 Å². The second-order valence-electron chi connectivity index (χ2n) is 7.36. The lowest BCUT2D eigenvalue weighted by molar-refractivity contribution is -0.274. The lowest BCUT2D eigenvalue weighted by Crippen LogP contribution is -2.16. The van der Waals surface area contributed by atoms with E-state index in [1.54, 1.807) is 16.7 Å². The minimum atomic E-state index is -4.74. The highest BCUT2D eigenvalue weighted by Gasteiger charge is 2.31. The Balaban J connectivity index is 1.79. The number of aryl methyl sites for hydroxylation is 1. The second-order valence-corrected chi connectivity index (χ2v) is 7.36. The number of carboxylic acids is 1. The third-order valence-corrected chi connectivity index (χ3v) is 5.33. The lowest BCUT2D eigenvalue weighted by Gasteiger charge is -2.10. The molecule has 0 atom stereocenters. The van der Waals surface area contributed by atoms with Crippen LogP contribution in [-0.4, -0.2) is 22.0 Å². The van der Waals surface area contributed by atoms with Gasteiger partial charge in [-0.15, -0.1) is 13.2 Å². The molecule has 4 rings (SSSR count). The molecule has 0 radical (unpaired) electrons. The summed E-state index contributed by atoms with van der Waals surface area (Å²) >= 11 is 0. The molecule has 4 nitrogen and oxygen atoms in total. The number of hydrogen-bond acceptors (Lipinski definition) is 2. The minimum absolute atomic E-state index is 0.248. The van der Waals surface area contributed by atoms with E-state index in [-0.39, 0.29) is 11.4 Å². The molecule has 0 aliphatic heterocycles. The molecule has 0 saturated heterocycles. The van der Waals surface area contributed by atoms with Crippen LogP contribution in [-0.2, 0) is 13.0 Å². The normalized spacial score (nSPS) is 11.6. The van der Waals surface area contributed by atoms with Crippen LogP contribution in [0.5, 0.6) is 5.75 Å². The molecule has 7 heteroatoms. The zero-order valence-corrected chi connectivity index (χ0v) is 17.2. The summed E-state index contributed by atoms with van der Waals surface area (Å²) in [7, 11) is 0. The molecule has 164 valence electrons. The first kappa shape index (κ1) is 21.5. The highest BCUT2D eigenvalue weighted by Crippen LogP contribution is 2.33. The number of fused-ring (bicyclic) bond motifs is 1. The minimum Gasteiger partial charge on any atom is -0.477 e. The number of carbonyl (C=O) groups is 1. The summed E-state index contributed by atoms with van der Waals surface area (Å²) in [6, 6.07) is 20.8. The van der Waals surface area contributed by atoms with Crippen molar-refractivity contribution in [1.29, 1.82) is 0 Å². The fourth-order valence-corrected chi connectivity index (χ4v) is 3.99. The molecule has 3 aromatic carbocycles. The molecule has 4 aromatic rings. The van der Waals surface area contributed by atoms with Gasteiger partial charge in [0.1, 0.15) is 11.4 Å². The van der Waals surface area contributed by atoms with Crippen molar-refractivity contribution in [2.24, 2.45) is 0 Å². The quantitative estimate of drug-likeness (QED) is 0.372. The zero-order chi connectivity index (χ0) is 22.9. The molecule has 0 unspecified atom stereocenters. The molecule has 1 heterocycles. The van der Waals surface area contributed by atoms with Gasteiger partial charge in [0, 0.05) is 17.4 Å². The van der Waals surface area contributed by atoms with Gasteiger partial charge in [-0.1, -0.05) is 55.5 Å². The lowest BCUT2D eigenvalue weighted by atomic mass is 10.0. The molecule has 0 bridgehead atoms. The van der Waals surface area contributed by atoms with Crippen LogP contribution >= 0.6 is 0 Å². The number of halogens is 3. The largest absolute Gasteiger partial charge is 0.573 e. The van der Waals surface area contributed by atoms with E-state index in [0.717, 1.165) is 27.6 Å². The number of hydrogen-bond donors (Lipinski definition) is 1. The SMILES string of the molecule is CCc1c(C(=O)O)n(Cc2ccccc2)c2ccc(-c3ccc(OC(F)(F)F)cc3)cc12. The average Bonchev–Trinajstić information content (AvgIpc) is 3.06. The van der Waals surface area contributed by atoms with Crippen molar-refractivity contribution in [3.63, 3.8) is 0 Å². The van der Waals surface area contributed by atoms with Crippen LogP contribution in [0.4, 0.5) is 13.2 Å². The first-order valence-electron chi connectivity index (χ1n) is 10.1. The summed E-state index contributed by atoms with van der Waals surface area (Å²) in [6.07, 6.45) is -4.22. The van der Waals surface area contributed by atoms with E-state index in [4.69, 9.17) is 0 Å². The maximum atomic E-state index is 12.4. The standard InChI is InChI=1S/C25H20F3NO3/c1-2-20-21-14-18(17-8-11-19(12-9-17)32-25(26,27)28)10-13-22(21)29(23(20)24(30)31)15-16-6-4-3-5-7-16/h3-14H,2,15H2,1H3,(H,30,31). The van der Waals surface area contributed by atoms with E-state index in [9.17, 15) is 23.1 Å². The smallest absolute Gasteiger partial charge is 0.477 e. The van der Waals surface area contributed by atoms with Gasteiger partial charge in [0.2, 0.25) is 0 Å². The first-order chi connectivity index (χ1) is 15.3. The van der Waals surface area contributed by atoms with Crippen molar-refractivity contribution in [1.82, 2.24) is 4.57 Å².